The number of aryl methyl sites for hydroxylation is 2. The number of nitrogens with zero attached hydrogens (tertiary/aromatic N) is 1. The van der Waals surface area contributed by atoms with Crippen LogP contribution in [0.4, 0.5) is 4.39 Å². The molecule has 0 bridgehead atoms. The Bertz CT molecular complexity index is 795. The number of rotatable bonds is 5. The Hall–Kier alpha value is -2.05. The van der Waals surface area contributed by atoms with Crippen LogP contribution in [0.25, 0.3) is 6.08 Å². The molecule has 0 aliphatic carbocycles. The highest BCUT2D eigenvalue weighted by molar-refractivity contribution is 7.84. The molecule has 1 aliphatic heterocycles. The second kappa shape index (κ2) is 7.23. The Morgan fingerprint density at radius 3 is 2.83 bits per heavy atom. The topological polar surface area (TPSA) is 57.9 Å². The zero-order valence-corrected chi connectivity index (χ0v) is 14.3. The standard InChI is InChI=1S/C18H20FN3OS/c1-22-11-18-16(17(22)12-23)10-9-15(21-24(18)20)4-2-3-13-5-7-14(19)8-6-13/h5-12,15H,2-4H2,1H3,(H2,20,21). The van der Waals surface area contributed by atoms with Crippen LogP contribution in [0, 0.1) is 10.6 Å². The van der Waals surface area contributed by atoms with Crippen molar-refractivity contribution in [3.8, 4) is 0 Å². The van der Waals surface area contributed by atoms with Gasteiger partial charge in [0.15, 0.2) is 6.29 Å². The highest BCUT2D eigenvalue weighted by atomic mass is 32.2. The molecule has 6 heteroatoms. The third-order valence-corrected chi connectivity index (χ3v) is 5.53. The molecule has 1 aromatic carbocycles. The zero-order valence-electron chi connectivity index (χ0n) is 13.5. The maximum absolute atomic E-state index is 12.9. The van der Waals surface area contributed by atoms with Crippen molar-refractivity contribution in [2.24, 2.45) is 7.05 Å². The highest BCUT2D eigenvalue weighted by Crippen LogP contribution is 2.24. The summed E-state index contributed by atoms with van der Waals surface area (Å²) in [4.78, 5) is 12.1. The number of nitrogens with one attached hydrogen (secondary N) is 2. The maximum Gasteiger partial charge on any atom is 0.167 e. The molecular weight excluding hydrogens is 325 g/mol. The van der Waals surface area contributed by atoms with E-state index in [2.05, 4.69) is 4.72 Å². The van der Waals surface area contributed by atoms with Crippen LogP contribution in [0.3, 0.4) is 0 Å². The average molecular weight is 345 g/mol. The Morgan fingerprint density at radius 1 is 1.38 bits per heavy atom. The summed E-state index contributed by atoms with van der Waals surface area (Å²) in [5, 5.41) is 0. The van der Waals surface area contributed by atoms with Crippen molar-refractivity contribution in [1.82, 2.24) is 9.29 Å². The third kappa shape index (κ3) is 3.55. The number of hydrogen-bond acceptors (Lipinski definition) is 2. The van der Waals surface area contributed by atoms with E-state index in [4.69, 9.17) is 4.78 Å². The van der Waals surface area contributed by atoms with E-state index in [0.717, 1.165) is 41.6 Å². The summed E-state index contributed by atoms with van der Waals surface area (Å²) < 4.78 is 26.3. The van der Waals surface area contributed by atoms with Crippen LogP contribution in [0.2, 0.25) is 0 Å². The molecule has 126 valence electrons. The fraction of sp³-hybridized carbons (Fsp3) is 0.278. The van der Waals surface area contributed by atoms with E-state index >= 15 is 0 Å². The molecule has 1 aliphatic rings. The molecule has 0 amide bonds. The molecule has 0 fully saturated rings. The Labute approximate surface area is 143 Å². The van der Waals surface area contributed by atoms with Crippen molar-refractivity contribution in [2.75, 3.05) is 0 Å². The summed E-state index contributed by atoms with van der Waals surface area (Å²) in [6.45, 7) is 0. The van der Waals surface area contributed by atoms with E-state index in [0.29, 0.717) is 5.69 Å². The van der Waals surface area contributed by atoms with Crippen LogP contribution in [0.1, 0.15) is 34.5 Å². The highest BCUT2D eigenvalue weighted by Gasteiger charge is 2.19. The number of hydrogen-bond donors (Lipinski definition) is 2. The van der Waals surface area contributed by atoms with E-state index in [1.807, 2.05) is 37.5 Å². The van der Waals surface area contributed by atoms with Gasteiger partial charge in [0.05, 0.1) is 10.6 Å². The lowest BCUT2D eigenvalue weighted by atomic mass is 10.0. The maximum atomic E-state index is 12.9. The normalized spacial score (nSPS) is 19.8. The molecule has 2 heterocycles. The van der Waals surface area contributed by atoms with Gasteiger partial charge in [-0.3, -0.25) is 9.57 Å². The monoisotopic (exact) mass is 345 g/mol. The van der Waals surface area contributed by atoms with E-state index in [1.165, 1.54) is 12.1 Å². The SMILES string of the molecule is Cn1cc2c(c1C=O)C=CC(CCCc1ccc(F)cc1)NS2=N. The van der Waals surface area contributed by atoms with Crippen molar-refractivity contribution in [1.29, 1.82) is 4.78 Å². The summed E-state index contributed by atoms with van der Waals surface area (Å²) in [6.07, 6.45) is 9.41. The van der Waals surface area contributed by atoms with Gasteiger partial charge in [0.25, 0.3) is 0 Å². The van der Waals surface area contributed by atoms with Crippen LogP contribution in [0.15, 0.2) is 41.4 Å². The molecule has 24 heavy (non-hydrogen) atoms. The van der Waals surface area contributed by atoms with Crippen LogP contribution in [-0.4, -0.2) is 16.9 Å². The second-order valence-electron chi connectivity index (χ2n) is 5.93. The van der Waals surface area contributed by atoms with Crippen molar-refractivity contribution in [3.05, 3.63) is 59.2 Å². The van der Waals surface area contributed by atoms with Crippen LogP contribution in [0.5, 0.6) is 0 Å². The lowest BCUT2D eigenvalue weighted by molar-refractivity contribution is 0.111. The number of aromatic nitrogens is 1. The summed E-state index contributed by atoms with van der Waals surface area (Å²) in [5.74, 6) is -0.214. The molecule has 4 nitrogen and oxygen atoms in total. The lowest BCUT2D eigenvalue weighted by Gasteiger charge is -2.14. The number of benzene rings is 1. The summed E-state index contributed by atoms with van der Waals surface area (Å²) in [7, 11) is 0.976. The molecule has 2 aromatic rings. The fourth-order valence-corrected chi connectivity index (χ4v) is 4.19. The summed E-state index contributed by atoms with van der Waals surface area (Å²) in [6, 6.07) is 6.69. The molecule has 0 saturated heterocycles. The van der Waals surface area contributed by atoms with Gasteiger partial charge >= 0.3 is 0 Å². The Kier molecular flexibility index (Phi) is 5.06. The van der Waals surface area contributed by atoms with Crippen molar-refractivity contribution in [3.63, 3.8) is 0 Å². The van der Waals surface area contributed by atoms with E-state index < -0.39 is 10.9 Å². The Morgan fingerprint density at radius 2 is 2.12 bits per heavy atom. The van der Waals surface area contributed by atoms with Gasteiger partial charge < -0.3 is 4.57 Å². The first kappa shape index (κ1) is 16.8. The summed E-state index contributed by atoms with van der Waals surface area (Å²) >= 11 is 0. The molecule has 0 spiro atoms. The van der Waals surface area contributed by atoms with Crippen LogP contribution in [-0.2, 0) is 24.3 Å². The van der Waals surface area contributed by atoms with Crippen molar-refractivity contribution < 1.29 is 9.18 Å². The number of halogens is 1. The number of fused-ring (bicyclic) bond motifs is 1. The van der Waals surface area contributed by atoms with Gasteiger partial charge in [-0.15, -0.1) is 0 Å². The molecular formula is C18H20FN3OS. The predicted molar refractivity (Wildman–Crippen MR) is 94.4 cm³/mol. The molecule has 2 N–H and O–H groups in total. The molecule has 3 rings (SSSR count). The van der Waals surface area contributed by atoms with Gasteiger partial charge in [-0.2, -0.15) is 0 Å². The quantitative estimate of drug-likeness (QED) is 0.813. The van der Waals surface area contributed by atoms with Crippen molar-refractivity contribution in [2.45, 2.75) is 30.2 Å². The van der Waals surface area contributed by atoms with Crippen LogP contribution < -0.4 is 4.72 Å². The average Bonchev–Trinajstić information content (AvgIpc) is 2.81. The lowest BCUT2D eigenvalue weighted by Crippen LogP contribution is -2.27. The predicted octanol–water partition coefficient (Wildman–Crippen LogP) is 3.64. The number of carbonyl (C=O) groups is 1. The second-order valence-corrected chi connectivity index (χ2v) is 7.22. The third-order valence-electron chi connectivity index (χ3n) is 4.22. The minimum atomic E-state index is -0.846. The number of aldehydes is 1. The first-order valence-electron chi connectivity index (χ1n) is 7.87. The fourth-order valence-electron chi connectivity index (χ4n) is 2.91. The molecule has 2 unspecified atom stereocenters. The van der Waals surface area contributed by atoms with Gasteiger partial charge in [-0.25, -0.2) is 9.11 Å². The van der Waals surface area contributed by atoms with E-state index in [9.17, 15) is 9.18 Å². The van der Waals surface area contributed by atoms with E-state index in [-0.39, 0.29) is 11.9 Å². The molecule has 0 saturated carbocycles. The summed E-state index contributed by atoms with van der Waals surface area (Å²) in [5.41, 5.74) is 2.57. The largest absolute Gasteiger partial charge is 0.347 e. The van der Waals surface area contributed by atoms with Gasteiger partial charge in [0.1, 0.15) is 5.82 Å². The van der Waals surface area contributed by atoms with E-state index in [1.54, 1.807) is 4.57 Å². The minimum Gasteiger partial charge on any atom is -0.347 e. The molecule has 1 aromatic heterocycles. The van der Waals surface area contributed by atoms with Gasteiger partial charge in [-0.1, -0.05) is 24.3 Å². The first-order chi connectivity index (χ1) is 11.6. The molecule has 2 atom stereocenters. The minimum absolute atomic E-state index is 0.100. The van der Waals surface area contributed by atoms with Gasteiger partial charge in [0, 0.05) is 24.8 Å². The first-order valence-corrected chi connectivity index (χ1v) is 9.10. The van der Waals surface area contributed by atoms with Crippen LogP contribution >= 0.6 is 0 Å². The zero-order chi connectivity index (χ0) is 17.1. The number of carbonyl (C=O) groups excluding carboxylic acids is 1. The smallest absolute Gasteiger partial charge is 0.167 e. The van der Waals surface area contributed by atoms with Crippen molar-refractivity contribution >= 4 is 23.2 Å². The van der Waals surface area contributed by atoms with Gasteiger partial charge in [0.2, 0.25) is 0 Å². The molecule has 0 radical (unpaired) electrons. The van der Waals surface area contributed by atoms with Gasteiger partial charge in [-0.05, 0) is 47.8 Å². The Balaban J connectivity index is 1.65.